The van der Waals surface area contributed by atoms with Crippen LogP contribution in [0.25, 0.3) is 5.57 Å². The number of alkyl halides is 10. The number of hydrogen-bond donors (Lipinski definition) is 0. The number of nitrogens with zero attached hydrogens (tertiary/aromatic N) is 1. The van der Waals surface area contributed by atoms with Crippen LogP contribution in [0.3, 0.4) is 0 Å². The summed E-state index contributed by atoms with van der Waals surface area (Å²) in [6, 6.07) is 5.48. The second-order valence-electron chi connectivity index (χ2n) is 5.88. The highest BCUT2D eigenvalue weighted by Crippen LogP contribution is 2.57. The first-order valence-corrected chi connectivity index (χ1v) is 8.20. The van der Waals surface area contributed by atoms with Crippen LogP contribution in [0, 0.1) is 23.7 Å². The zero-order chi connectivity index (χ0) is 22.4. The van der Waals surface area contributed by atoms with E-state index in [9.17, 15) is 43.9 Å². The first-order valence-electron chi connectivity index (χ1n) is 7.41. The summed E-state index contributed by atoms with van der Waals surface area (Å²) in [6.45, 7) is 0. The molecule has 1 unspecified atom stereocenters. The molecule has 1 aromatic carbocycles. The molecule has 29 heavy (non-hydrogen) atoms. The van der Waals surface area contributed by atoms with Gasteiger partial charge in [-0.2, -0.15) is 44.8 Å². The number of allylic oxidation sites excluding steroid dienone is 4. The highest BCUT2D eigenvalue weighted by molar-refractivity contribution is 9.12. The van der Waals surface area contributed by atoms with Crippen molar-refractivity contribution in [3.05, 3.63) is 57.9 Å². The topological polar surface area (TPSA) is 23.8 Å². The Balaban J connectivity index is 2.83. The predicted molar refractivity (Wildman–Crippen MR) is 84.9 cm³/mol. The van der Waals surface area contributed by atoms with E-state index in [-0.39, 0.29) is 5.56 Å². The molecule has 1 aromatic rings. The highest BCUT2D eigenvalue weighted by atomic mass is 79.9. The predicted octanol–water partition coefficient (Wildman–Crippen LogP) is 6.82. The zero-order valence-corrected chi connectivity index (χ0v) is 15.2. The van der Waals surface area contributed by atoms with Crippen molar-refractivity contribution < 1.29 is 43.9 Å². The summed E-state index contributed by atoms with van der Waals surface area (Å²) < 4.78 is 132. The Bertz CT molecular complexity index is 867. The second kappa shape index (κ2) is 7.34. The van der Waals surface area contributed by atoms with Crippen molar-refractivity contribution in [1.29, 1.82) is 5.26 Å². The summed E-state index contributed by atoms with van der Waals surface area (Å²) in [5.74, 6) is -2.89. The lowest BCUT2D eigenvalue weighted by atomic mass is 9.78. The van der Waals surface area contributed by atoms with E-state index in [1.807, 2.05) is 0 Å². The van der Waals surface area contributed by atoms with E-state index in [0.29, 0.717) is 6.42 Å². The molecule has 2 rings (SSSR count). The Morgan fingerprint density at radius 3 is 1.69 bits per heavy atom. The molecule has 0 amide bonds. The van der Waals surface area contributed by atoms with E-state index in [1.165, 1.54) is 0 Å². The number of benzene rings is 1. The molecule has 0 aliphatic heterocycles. The van der Waals surface area contributed by atoms with Crippen LogP contribution in [0.2, 0.25) is 0 Å². The van der Waals surface area contributed by atoms with Crippen molar-refractivity contribution in [3.63, 3.8) is 0 Å². The maximum Gasteiger partial charge on any atom is 0.435 e. The van der Waals surface area contributed by atoms with Crippen LogP contribution in [-0.2, 0) is 0 Å². The molecule has 1 aliphatic carbocycles. The van der Waals surface area contributed by atoms with Gasteiger partial charge in [0.25, 0.3) is 0 Å². The Morgan fingerprint density at radius 2 is 1.31 bits per heavy atom. The molecule has 0 saturated heterocycles. The van der Waals surface area contributed by atoms with E-state index < -0.39 is 57.4 Å². The average Bonchev–Trinajstić information content (AvgIpc) is 2.57. The van der Waals surface area contributed by atoms with E-state index in [2.05, 4.69) is 15.9 Å². The van der Waals surface area contributed by atoms with Crippen LogP contribution in [0.15, 0.2) is 40.4 Å². The van der Waals surface area contributed by atoms with Gasteiger partial charge in [0.2, 0.25) is 0 Å². The van der Waals surface area contributed by atoms with Gasteiger partial charge < -0.3 is 0 Å². The molecule has 0 saturated carbocycles. The molecule has 0 bridgehead atoms. The number of nitriles is 1. The van der Waals surface area contributed by atoms with Gasteiger partial charge in [0, 0.05) is 16.5 Å². The van der Waals surface area contributed by atoms with E-state index in [1.54, 1.807) is 6.07 Å². The first-order chi connectivity index (χ1) is 13.0. The van der Waals surface area contributed by atoms with Gasteiger partial charge >= 0.3 is 24.2 Å². The van der Waals surface area contributed by atoms with Crippen molar-refractivity contribution in [1.82, 2.24) is 0 Å². The summed E-state index contributed by atoms with van der Waals surface area (Å²) in [5.41, 5.74) is -9.84. The Hall–Kier alpha value is -2.03. The van der Waals surface area contributed by atoms with Gasteiger partial charge in [-0.25, -0.2) is 4.39 Å². The molecular weight excluding hydrogens is 488 g/mol. The summed E-state index contributed by atoms with van der Waals surface area (Å²) >= 11 is 2.54. The van der Waals surface area contributed by atoms with Crippen LogP contribution >= 0.6 is 15.9 Å². The summed E-state index contributed by atoms with van der Waals surface area (Å²) in [6.07, 6.45) is -18.6. The quantitative estimate of drug-likeness (QED) is 0.414. The van der Waals surface area contributed by atoms with E-state index in [0.717, 1.165) is 24.3 Å². The van der Waals surface area contributed by atoms with Gasteiger partial charge in [0.1, 0.15) is 0 Å². The Kier molecular flexibility index (Phi) is 5.88. The van der Waals surface area contributed by atoms with Gasteiger partial charge in [0.05, 0.1) is 17.6 Å². The van der Waals surface area contributed by atoms with Gasteiger partial charge in [-0.3, -0.25) is 0 Å². The molecule has 157 valence electrons. The fourth-order valence-corrected chi connectivity index (χ4v) is 3.35. The monoisotopic (exact) mass is 494 g/mol. The largest absolute Gasteiger partial charge is 0.435 e. The van der Waals surface area contributed by atoms with Crippen LogP contribution in [0.4, 0.5) is 43.9 Å². The molecule has 1 nitrogen and oxygen atoms in total. The Morgan fingerprint density at radius 1 is 0.828 bits per heavy atom. The fraction of sp³-hybridized carbons (Fsp3) is 0.294. The standard InChI is InChI=1S/C17H7BrF10N/c18-12-6-10(15(20,21)22)5-11(14(19,16(23,24)25)17(26,27)28)13(12)9-3-1-8(7-29)2-4-9/h1-6,10H. The lowest BCUT2D eigenvalue weighted by Crippen LogP contribution is -2.55. The van der Waals surface area contributed by atoms with E-state index >= 15 is 0 Å². The molecule has 1 atom stereocenters. The van der Waals surface area contributed by atoms with Crippen molar-refractivity contribution in [2.24, 2.45) is 5.92 Å². The third-order valence-corrected chi connectivity index (χ3v) is 4.67. The third-order valence-electron chi connectivity index (χ3n) is 4.01. The SMILES string of the molecule is N#Cc1ccc(C2=C(Br)[CH]C(C(F)(F)F)C=C2C(F)(C(F)(F)F)C(F)(F)F)cc1. The number of rotatable bonds is 2. The molecule has 0 N–H and O–H groups in total. The van der Waals surface area contributed by atoms with Gasteiger partial charge in [-0.1, -0.05) is 34.1 Å². The molecule has 1 radical (unpaired) electrons. The van der Waals surface area contributed by atoms with Crippen molar-refractivity contribution >= 4 is 21.5 Å². The van der Waals surface area contributed by atoms with E-state index in [4.69, 9.17) is 5.26 Å². The normalized spacial score (nSPS) is 19.1. The molecule has 0 aromatic heterocycles. The van der Waals surface area contributed by atoms with Crippen molar-refractivity contribution in [3.8, 4) is 6.07 Å². The smallest absolute Gasteiger partial charge is 0.218 e. The number of hydrogen-bond acceptors (Lipinski definition) is 1. The minimum Gasteiger partial charge on any atom is -0.218 e. The minimum absolute atomic E-state index is 0.0258. The lowest BCUT2D eigenvalue weighted by molar-refractivity contribution is -0.325. The average molecular weight is 495 g/mol. The highest BCUT2D eigenvalue weighted by Gasteiger charge is 2.75. The Labute approximate surface area is 165 Å². The summed E-state index contributed by atoms with van der Waals surface area (Å²) in [4.78, 5) is 0. The van der Waals surface area contributed by atoms with Crippen molar-refractivity contribution in [2.75, 3.05) is 0 Å². The van der Waals surface area contributed by atoms with Gasteiger partial charge in [0.15, 0.2) is 0 Å². The second-order valence-corrected chi connectivity index (χ2v) is 6.73. The molecule has 0 spiro atoms. The molecule has 0 fully saturated rings. The molecule has 1 aliphatic rings. The zero-order valence-electron chi connectivity index (χ0n) is 13.6. The third kappa shape index (κ3) is 4.15. The molecule has 0 heterocycles. The van der Waals surface area contributed by atoms with Crippen LogP contribution in [0.1, 0.15) is 11.1 Å². The summed E-state index contributed by atoms with van der Waals surface area (Å²) in [7, 11) is 0. The number of halogens is 11. The van der Waals surface area contributed by atoms with Gasteiger partial charge in [-0.15, -0.1) is 0 Å². The maximum absolute atomic E-state index is 14.7. The first kappa shape index (κ1) is 23.3. The minimum atomic E-state index is -6.60. The van der Waals surface area contributed by atoms with Crippen LogP contribution < -0.4 is 0 Å². The van der Waals surface area contributed by atoms with Crippen LogP contribution in [-0.4, -0.2) is 24.2 Å². The van der Waals surface area contributed by atoms with Crippen molar-refractivity contribution in [2.45, 2.75) is 24.2 Å². The van der Waals surface area contributed by atoms with Crippen LogP contribution in [0.5, 0.6) is 0 Å². The van der Waals surface area contributed by atoms with Gasteiger partial charge in [-0.05, 0) is 23.3 Å². The lowest BCUT2D eigenvalue weighted by Gasteiger charge is -2.37. The maximum atomic E-state index is 14.7. The molecule has 12 heteroatoms. The fourth-order valence-electron chi connectivity index (χ4n) is 2.63. The summed E-state index contributed by atoms with van der Waals surface area (Å²) in [5, 5.41) is 8.74. The molecular formula is C17H7BrF10N.